The average Bonchev–Trinajstić information content (AvgIpc) is 2.92. The molecule has 1 saturated heterocycles. The quantitative estimate of drug-likeness (QED) is 0.739. The molecule has 0 amide bonds. The summed E-state index contributed by atoms with van der Waals surface area (Å²) < 4.78 is 11.9. The lowest BCUT2D eigenvalue weighted by Crippen LogP contribution is -2.32. The molecule has 2 fully saturated rings. The van der Waals surface area contributed by atoms with Crippen LogP contribution in [0.1, 0.15) is 32.1 Å². The molecule has 90 valence electrons. The fourth-order valence-corrected chi connectivity index (χ4v) is 3.12. The molecule has 2 aliphatic heterocycles. The number of fused-ring (bicyclic) bond motifs is 2. The van der Waals surface area contributed by atoms with Gasteiger partial charge in [-0.1, -0.05) is 12.2 Å². The smallest absolute Gasteiger partial charge is 0.103 e. The van der Waals surface area contributed by atoms with Crippen molar-refractivity contribution in [1.29, 1.82) is 0 Å². The summed E-state index contributed by atoms with van der Waals surface area (Å²) in [5, 5.41) is 0. The third-order valence-electron chi connectivity index (χ3n) is 4.17. The Kier molecular flexibility index (Phi) is 3.01. The molecule has 1 saturated carbocycles. The van der Waals surface area contributed by atoms with Gasteiger partial charge in [0.15, 0.2) is 0 Å². The molecule has 0 spiro atoms. The van der Waals surface area contributed by atoms with E-state index in [1.807, 2.05) is 0 Å². The summed E-state index contributed by atoms with van der Waals surface area (Å²) in [6, 6.07) is 0. The second-order valence-electron chi connectivity index (χ2n) is 5.31. The van der Waals surface area contributed by atoms with Gasteiger partial charge < -0.3 is 15.2 Å². The first-order valence-corrected chi connectivity index (χ1v) is 6.54. The van der Waals surface area contributed by atoms with Crippen molar-refractivity contribution < 1.29 is 9.47 Å². The third kappa shape index (κ3) is 2.04. The van der Waals surface area contributed by atoms with E-state index < -0.39 is 0 Å². The van der Waals surface area contributed by atoms with Crippen molar-refractivity contribution in [2.45, 2.75) is 56.5 Å². The maximum Gasteiger partial charge on any atom is 0.103 e. The Morgan fingerprint density at radius 3 is 2.56 bits per heavy atom. The summed E-state index contributed by atoms with van der Waals surface area (Å²) >= 11 is 0. The second-order valence-corrected chi connectivity index (χ2v) is 5.31. The summed E-state index contributed by atoms with van der Waals surface area (Å²) in [4.78, 5) is 0. The SMILES string of the molecule is NCC1CCC(OC2CC3C=CC2O3)CC1. The minimum Gasteiger partial charge on any atom is -0.372 e. The topological polar surface area (TPSA) is 44.5 Å². The molecule has 3 nitrogen and oxygen atoms in total. The Bertz CT molecular complexity index is 271. The molecule has 3 heteroatoms. The fourth-order valence-electron chi connectivity index (χ4n) is 3.12. The fraction of sp³-hybridized carbons (Fsp3) is 0.846. The highest BCUT2D eigenvalue weighted by Crippen LogP contribution is 2.34. The number of ether oxygens (including phenoxy) is 2. The molecule has 2 N–H and O–H groups in total. The molecule has 2 bridgehead atoms. The highest BCUT2D eigenvalue weighted by atomic mass is 16.6. The lowest BCUT2D eigenvalue weighted by molar-refractivity contribution is -0.0539. The van der Waals surface area contributed by atoms with Gasteiger partial charge in [0.25, 0.3) is 0 Å². The van der Waals surface area contributed by atoms with Gasteiger partial charge in [0.05, 0.1) is 18.3 Å². The van der Waals surface area contributed by atoms with Crippen molar-refractivity contribution in [3.05, 3.63) is 12.2 Å². The van der Waals surface area contributed by atoms with Crippen LogP contribution in [0.5, 0.6) is 0 Å². The molecule has 3 aliphatic rings. The summed E-state index contributed by atoms with van der Waals surface area (Å²) in [5.41, 5.74) is 5.69. The van der Waals surface area contributed by atoms with Gasteiger partial charge in [0, 0.05) is 6.42 Å². The molecule has 0 aromatic rings. The Morgan fingerprint density at radius 2 is 2.00 bits per heavy atom. The van der Waals surface area contributed by atoms with Crippen molar-refractivity contribution in [3.63, 3.8) is 0 Å². The van der Waals surface area contributed by atoms with Gasteiger partial charge in [-0.15, -0.1) is 0 Å². The maximum absolute atomic E-state index is 6.16. The highest BCUT2D eigenvalue weighted by molar-refractivity contribution is 5.12. The molecule has 0 radical (unpaired) electrons. The molecule has 2 heterocycles. The lowest BCUT2D eigenvalue weighted by Gasteiger charge is -2.30. The molecule has 0 aromatic heterocycles. The van der Waals surface area contributed by atoms with Crippen LogP contribution in [0.3, 0.4) is 0 Å². The summed E-state index contributed by atoms with van der Waals surface area (Å²) in [5.74, 6) is 0.732. The van der Waals surface area contributed by atoms with E-state index in [0.29, 0.717) is 18.3 Å². The minimum absolute atomic E-state index is 0.234. The Hall–Kier alpha value is -0.380. The molecule has 1 aliphatic carbocycles. The van der Waals surface area contributed by atoms with Gasteiger partial charge in [-0.05, 0) is 38.1 Å². The maximum atomic E-state index is 6.16. The summed E-state index contributed by atoms with van der Waals surface area (Å²) in [6.45, 7) is 0.840. The van der Waals surface area contributed by atoms with Crippen LogP contribution in [0, 0.1) is 5.92 Å². The molecule has 3 rings (SSSR count). The zero-order valence-corrected chi connectivity index (χ0v) is 9.68. The van der Waals surface area contributed by atoms with Crippen LogP contribution in [0.4, 0.5) is 0 Å². The predicted octanol–water partition coefficient (Wildman–Crippen LogP) is 1.62. The largest absolute Gasteiger partial charge is 0.372 e. The van der Waals surface area contributed by atoms with Crippen molar-refractivity contribution in [2.75, 3.05) is 6.54 Å². The standard InChI is InChI=1S/C13H21NO2/c14-8-9-1-3-10(4-2-9)15-13-7-11-5-6-12(13)16-11/h5-6,9-13H,1-4,7-8,14H2. The Morgan fingerprint density at radius 1 is 1.19 bits per heavy atom. The van der Waals surface area contributed by atoms with Crippen LogP contribution in [0.25, 0.3) is 0 Å². The summed E-state index contributed by atoms with van der Waals surface area (Å²) in [7, 11) is 0. The van der Waals surface area contributed by atoms with E-state index in [-0.39, 0.29) is 6.10 Å². The van der Waals surface area contributed by atoms with E-state index in [4.69, 9.17) is 15.2 Å². The van der Waals surface area contributed by atoms with Crippen LogP contribution in [-0.2, 0) is 9.47 Å². The van der Waals surface area contributed by atoms with Gasteiger partial charge in [-0.3, -0.25) is 0 Å². The second kappa shape index (κ2) is 4.47. The monoisotopic (exact) mass is 223 g/mol. The number of hydrogen-bond acceptors (Lipinski definition) is 3. The Balaban J connectivity index is 1.48. The van der Waals surface area contributed by atoms with Crippen LogP contribution >= 0.6 is 0 Å². The third-order valence-corrected chi connectivity index (χ3v) is 4.17. The first-order valence-electron chi connectivity index (χ1n) is 6.54. The van der Waals surface area contributed by atoms with Crippen LogP contribution in [-0.4, -0.2) is 31.0 Å². The molecular weight excluding hydrogens is 202 g/mol. The van der Waals surface area contributed by atoms with Crippen LogP contribution in [0.2, 0.25) is 0 Å². The highest BCUT2D eigenvalue weighted by Gasteiger charge is 2.39. The van der Waals surface area contributed by atoms with Crippen molar-refractivity contribution in [2.24, 2.45) is 11.7 Å². The van der Waals surface area contributed by atoms with Gasteiger partial charge in [-0.25, -0.2) is 0 Å². The lowest BCUT2D eigenvalue weighted by atomic mass is 9.87. The molecule has 16 heavy (non-hydrogen) atoms. The zero-order valence-electron chi connectivity index (χ0n) is 9.68. The number of nitrogens with two attached hydrogens (primary N) is 1. The van der Waals surface area contributed by atoms with Crippen molar-refractivity contribution in [1.82, 2.24) is 0 Å². The van der Waals surface area contributed by atoms with E-state index in [1.54, 1.807) is 0 Å². The zero-order chi connectivity index (χ0) is 11.0. The van der Waals surface area contributed by atoms with Gasteiger partial charge in [0.1, 0.15) is 6.10 Å². The van der Waals surface area contributed by atoms with E-state index in [2.05, 4.69) is 12.2 Å². The van der Waals surface area contributed by atoms with Crippen LogP contribution in [0.15, 0.2) is 12.2 Å². The van der Waals surface area contributed by atoms with Gasteiger partial charge in [0.2, 0.25) is 0 Å². The van der Waals surface area contributed by atoms with Crippen LogP contribution < -0.4 is 5.73 Å². The number of rotatable bonds is 3. The number of hydrogen-bond donors (Lipinski definition) is 1. The molecule has 3 atom stereocenters. The molecule has 0 aromatic carbocycles. The Labute approximate surface area is 97.0 Å². The predicted molar refractivity (Wildman–Crippen MR) is 62.1 cm³/mol. The van der Waals surface area contributed by atoms with Gasteiger partial charge >= 0.3 is 0 Å². The first kappa shape index (κ1) is 10.8. The average molecular weight is 223 g/mol. The normalized spacial score (nSPS) is 46.4. The minimum atomic E-state index is 0.234. The van der Waals surface area contributed by atoms with Crippen molar-refractivity contribution >= 4 is 0 Å². The van der Waals surface area contributed by atoms with Crippen molar-refractivity contribution in [3.8, 4) is 0 Å². The first-order chi connectivity index (χ1) is 7.85. The molecular formula is C13H21NO2. The van der Waals surface area contributed by atoms with E-state index in [1.165, 1.54) is 25.7 Å². The molecule has 3 unspecified atom stereocenters. The summed E-state index contributed by atoms with van der Waals surface area (Å²) in [6.07, 6.45) is 11.5. The van der Waals surface area contributed by atoms with E-state index >= 15 is 0 Å². The van der Waals surface area contributed by atoms with Gasteiger partial charge in [-0.2, -0.15) is 0 Å². The van der Waals surface area contributed by atoms with E-state index in [9.17, 15) is 0 Å². The van der Waals surface area contributed by atoms with E-state index in [0.717, 1.165) is 18.9 Å².